The lowest BCUT2D eigenvalue weighted by Crippen LogP contribution is -2.24. The highest BCUT2D eigenvalue weighted by molar-refractivity contribution is 8.07. The molecule has 3 aromatic rings. The molecule has 0 radical (unpaired) electrons. The second kappa shape index (κ2) is 9.28. The van der Waals surface area contributed by atoms with Crippen LogP contribution in [0.2, 0.25) is 0 Å². The van der Waals surface area contributed by atoms with Gasteiger partial charge >= 0.3 is 0 Å². The number of nitrogen functional groups attached to an aromatic ring is 1. The zero-order chi connectivity index (χ0) is 21.7. The molecule has 0 unspecified atom stereocenters. The maximum absolute atomic E-state index is 13.2. The standard InChI is InChI=1S/C23H27N3O3S/c1-16(2)26-13-6-14-29-18-11-12-21(24)20(15-18)23(25)30(27,28)22-10-5-8-17-7-3-4-9-19(17)22/h3-5,7-12,15-16,25-26H,6,13-14,24H2,1-2H3. The van der Waals surface area contributed by atoms with Gasteiger partial charge in [-0.15, -0.1) is 0 Å². The molecular weight excluding hydrogens is 398 g/mol. The fourth-order valence-corrected chi connectivity index (χ4v) is 4.58. The maximum atomic E-state index is 13.2. The van der Waals surface area contributed by atoms with Crippen molar-refractivity contribution in [2.45, 2.75) is 31.2 Å². The van der Waals surface area contributed by atoms with E-state index in [2.05, 4.69) is 19.2 Å². The van der Waals surface area contributed by atoms with Crippen LogP contribution in [0.1, 0.15) is 25.8 Å². The van der Waals surface area contributed by atoms with Gasteiger partial charge in [0.2, 0.25) is 9.84 Å². The Morgan fingerprint density at radius 2 is 1.83 bits per heavy atom. The minimum Gasteiger partial charge on any atom is -0.494 e. The number of anilines is 1. The summed E-state index contributed by atoms with van der Waals surface area (Å²) < 4.78 is 32.2. The monoisotopic (exact) mass is 425 g/mol. The summed E-state index contributed by atoms with van der Waals surface area (Å²) >= 11 is 0. The smallest absolute Gasteiger partial charge is 0.224 e. The number of nitrogens with one attached hydrogen (secondary N) is 2. The van der Waals surface area contributed by atoms with Crippen LogP contribution < -0.4 is 15.8 Å². The van der Waals surface area contributed by atoms with Crippen LogP contribution >= 0.6 is 0 Å². The molecule has 6 nitrogen and oxygen atoms in total. The molecule has 3 aromatic carbocycles. The molecule has 0 aliphatic rings. The zero-order valence-corrected chi connectivity index (χ0v) is 18.0. The Morgan fingerprint density at radius 3 is 2.60 bits per heavy atom. The lowest BCUT2D eigenvalue weighted by atomic mass is 10.1. The predicted octanol–water partition coefficient (Wildman–Crippen LogP) is 3.99. The van der Waals surface area contributed by atoms with Gasteiger partial charge in [0.1, 0.15) is 5.75 Å². The van der Waals surface area contributed by atoms with Crippen molar-refractivity contribution < 1.29 is 13.2 Å². The molecule has 0 saturated carbocycles. The molecule has 0 aliphatic heterocycles. The van der Waals surface area contributed by atoms with Crippen LogP contribution in [0.5, 0.6) is 5.75 Å². The number of hydrogen-bond donors (Lipinski definition) is 3. The molecule has 0 atom stereocenters. The lowest BCUT2D eigenvalue weighted by Gasteiger charge is -2.13. The number of nitrogens with two attached hydrogens (primary N) is 1. The highest BCUT2D eigenvalue weighted by Crippen LogP contribution is 2.29. The summed E-state index contributed by atoms with van der Waals surface area (Å²) in [5, 5.41) is 12.6. The first-order chi connectivity index (χ1) is 14.3. The van der Waals surface area contributed by atoms with E-state index in [0.29, 0.717) is 23.8 Å². The van der Waals surface area contributed by atoms with E-state index in [1.54, 1.807) is 30.3 Å². The number of fused-ring (bicyclic) bond motifs is 1. The van der Waals surface area contributed by atoms with Gasteiger partial charge in [0.05, 0.1) is 11.5 Å². The van der Waals surface area contributed by atoms with Gasteiger partial charge in [-0.25, -0.2) is 8.42 Å². The highest BCUT2D eigenvalue weighted by atomic mass is 32.2. The van der Waals surface area contributed by atoms with Crippen LogP contribution in [-0.2, 0) is 9.84 Å². The molecule has 0 aliphatic carbocycles. The fraction of sp³-hybridized carbons (Fsp3) is 0.261. The highest BCUT2D eigenvalue weighted by Gasteiger charge is 2.26. The molecule has 0 fully saturated rings. The van der Waals surface area contributed by atoms with E-state index in [1.165, 1.54) is 12.1 Å². The molecule has 4 N–H and O–H groups in total. The fourth-order valence-electron chi connectivity index (χ4n) is 3.16. The zero-order valence-electron chi connectivity index (χ0n) is 17.2. The van der Waals surface area contributed by atoms with Gasteiger partial charge in [0.15, 0.2) is 5.04 Å². The Balaban J connectivity index is 1.85. The summed E-state index contributed by atoms with van der Waals surface area (Å²) in [6, 6.07) is 17.4. The first kappa shape index (κ1) is 21.8. The van der Waals surface area contributed by atoms with E-state index in [4.69, 9.17) is 15.9 Å². The van der Waals surface area contributed by atoms with Crippen molar-refractivity contribution in [3.8, 4) is 5.75 Å². The van der Waals surface area contributed by atoms with Crippen LogP contribution in [0.4, 0.5) is 5.69 Å². The molecule has 0 heterocycles. The van der Waals surface area contributed by atoms with E-state index >= 15 is 0 Å². The maximum Gasteiger partial charge on any atom is 0.224 e. The summed E-state index contributed by atoms with van der Waals surface area (Å²) in [5.41, 5.74) is 6.38. The molecular formula is C23H27N3O3S. The average molecular weight is 426 g/mol. The van der Waals surface area contributed by atoms with Gasteiger partial charge in [-0.2, -0.15) is 0 Å². The Bertz CT molecular complexity index is 1150. The molecule has 158 valence electrons. The predicted molar refractivity (Wildman–Crippen MR) is 122 cm³/mol. The van der Waals surface area contributed by atoms with Crippen molar-refractivity contribution >= 4 is 31.3 Å². The van der Waals surface area contributed by atoms with E-state index in [-0.39, 0.29) is 16.1 Å². The van der Waals surface area contributed by atoms with Crippen LogP contribution in [0.25, 0.3) is 10.8 Å². The first-order valence-electron chi connectivity index (χ1n) is 9.88. The van der Waals surface area contributed by atoms with Gasteiger partial charge in [-0.05, 0) is 42.6 Å². The summed E-state index contributed by atoms with van der Waals surface area (Å²) in [5.74, 6) is 0.488. The Morgan fingerprint density at radius 1 is 1.10 bits per heavy atom. The van der Waals surface area contributed by atoms with Gasteiger partial charge in [-0.1, -0.05) is 50.2 Å². The summed E-state index contributed by atoms with van der Waals surface area (Å²) in [7, 11) is -4.06. The third-order valence-corrected chi connectivity index (χ3v) is 6.41. The van der Waals surface area contributed by atoms with E-state index < -0.39 is 14.9 Å². The topological polar surface area (TPSA) is 105 Å². The Hall–Kier alpha value is -2.90. The van der Waals surface area contributed by atoms with Crippen molar-refractivity contribution in [1.82, 2.24) is 5.32 Å². The molecule has 0 amide bonds. The van der Waals surface area contributed by atoms with Gasteiger partial charge in [0.25, 0.3) is 0 Å². The van der Waals surface area contributed by atoms with E-state index in [0.717, 1.165) is 18.4 Å². The second-order valence-electron chi connectivity index (χ2n) is 7.37. The second-order valence-corrected chi connectivity index (χ2v) is 9.22. The minimum absolute atomic E-state index is 0.0936. The molecule has 3 rings (SSSR count). The molecule has 0 spiro atoms. The molecule has 0 saturated heterocycles. The first-order valence-corrected chi connectivity index (χ1v) is 11.4. The van der Waals surface area contributed by atoms with Crippen molar-refractivity contribution in [2.24, 2.45) is 0 Å². The number of hydrogen-bond acceptors (Lipinski definition) is 6. The van der Waals surface area contributed by atoms with Crippen LogP contribution in [0.15, 0.2) is 65.6 Å². The number of rotatable bonds is 8. The van der Waals surface area contributed by atoms with Crippen LogP contribution in [-0.4, -0.2) is 32.7 Å². The largest absolute Gasteiger partial charge is 0.494 e. The Labute approximate surface area is 177 Å². The summed E-state index contributed by atoms with van der Waals surface area (Å²) in [6.07, 6.45) is 0.809. The molecule has 30 heavy (non-hydrogen) atoms. The van der Waals surface area contributed by atoms with E-state index in [1.807, 2.05) is 18.2 Å². The SMILES string of the molecule is CC(C)NCCCOc1ccc(N)c(C(=N)S(=O)(=O)c2cccc3ccccc23)c1. The average Bonchev–Trinajstić information content (AvgIpc) is 2.73. The third-order valence-electron chi connectivity index (χ3n) is 4.72. The minimum atomic E-state index is -4.06. The number of sulfone groups is 1. The van der Waals surface area contributed by atoms with Gasteiger partial charge in [-0.3, -0.25) is 5.41 Å². The van der Waals surface area contributed by atoms with E-state index in [9.17, 15) is 8.42 Å². The lowest BCUT2D eigenvalue weighted by molar-refractivity contribution is 0.306. The summed E-state index contributed by atoms with van der Waals surface area (Å²) in [4.78, 5) is 0.0936. The molecule has 7 heteroatoms. The Kier molecular flexibility index (Phi) is 6.74. The van der Waals surface area contributed by atoms with Crippen molar-refractivity contribution in [1.29, 1.82) is 5.41 Å². The van der Waals surface area contributed by atoms with Gasteiger partial charge in [0, 0.05) is 22.7 Å². The number of ether oxygens (including phenoxy) is 1. The van der Waals surface area contributed by atoms with Gasteiger partial charge < -0.3 is 15.8 Å². The number of benzene rings is 3. The molecule has 0 aromatic heterocycles. The van der Waals surface area contributed by atoms with Crippen LogP contribution in [0, 0.1) is 5.41 Å². The normalized spacial score (nSPS) is 11.7. The summed E-state index contributed by atoms with van der Waals surface area (Å²) in [6.45, 7) is 5.46. The van der Waals surface area contributed by atoms with Crippen LogP contribution in [0.3, 0.4) is 0 Å². The molecule has 0 bridgehead atoms. The van der Waals surface area contributed by atoms with Crippen molar-refractivity contribution in [3.63, 3.8) is 0 Å². The van der Waals surface area contributed by atoms with Crippen molar-refractivity contribution in [3.05, 3.63) is 66.2 Å². The third kappa shape index (κ3) is 4.80. The quantitative estimate of drug-likeness (QED) is 0.219. The van der Waals surface area contributed by atoms with Crippen molar-refractivity contribution in [2.75, 3.05) is 18.9 Å².